The Morgan fingerprint density at radius 1 is 1.31 bits per heavy atom. The molecule has 0 saturated heterocycles. The lowest BCUT2D eigenvalue weighted by Crippen LogP contribution is -2.30. The highest BCUT2D eigenvalue weighted by molar-refractivity contribution is 14.1. The van der Waals surface area contributed by atoms with Gasteiger partial charge >= 0.3 is 0 Å². The zero-order valence-electron chi connectivity index (χ0n) is 8.19. The summed E-state index contributed by atoms with van der Waals surface area (Å²) in [6.07, 6.45) is 2.73. The number of hydrogen-bond donors (Lipinski definition) is 2. The molecule has 2 nitrogen and oxygen atoms in total. The zero-order valence-corrected chi connectivity index (χ0v) is 12.5. The third-order valence-corrected chi connectivity index (χ3v) is 4.39. The van der Waals surface area contributed by atoms with E-state index in [0.29, 0.717) is 0 Å². The van der Waals surface area contributed by atoms with Gasteiger partial charge in [-0.05, 0) is 30.6 Å². The summed E-state index contributed by atoms with van der Waals surface area (Å²) in [6.45, 7) is 5.83. The van der Waals surface area contributed by atoms with E-state index in [9.17, 15) is 0 Å². The third-order valence-electron chi connectivity index (χ3n) is 3.15. The van der Waals surface area contributed by atoms with Crippen molar-refractivity contribution in [3.8, 4) is 0 Å². The number of hydrogen-bond acceptors (Lipinski definition) is 2. The molecule has 1 saturated carbocycles. The molecular weight excluding hydrogens is 390 g/mol. The van der Waals surface area contributed by atoms with Crippen LogP contribution in [0.4, 0.5) is 0 Å². The Labute approximate surface area is 109 Å². The summed E-state index contributed by atoms with van der Waals surface area (Å²) in [5.41, 5.74) is 0. The van der Waals surface area contributed by atoms with Crippen molar-refractivity contribution < 1.29 is 0 Å². The van der Waals surface area contributed by atoms with Crippen LogP contribution in [0.2, 0.25) is 0 Å². The lowest BCUT2D eigenvalue weighted by atomic mass is 9.93. The van der Waals surface area contributed by atoms with E-state index in [1.807, 2.05) is 0 Å². The lowest BCUT2D eigenvalue weighted by Gasteiger charge is -2.16. The van der Waals surface area contributed by atoms with Crippen molar-refractivity contribution in [2.75, 3.05) is 6.54 Å². The topological polar surface area (TPSA) is 24.1 Å². The van der Waals surface area contributed by atoms with Crippen LogP contribution in [0, 0.1) is 17.8 Å². The molecule has 4 heteroatoms. The van der Waals surface area contributed by atoms with Gasteiger partial charge in [0.1, 0.15) is 0 Å². The van der Waals surface area contributed by atoms with Gasteiger partial charge in [0.2, 0.25) is 0 Å². The fourth-order valence-electron chi connectivity index (χ4n) is 2.17. The van der Waals surface area contributed by atoms with E-state index in [4.69, 9.17) is 0 Å². The van der Waals surface area contributed by atoms with Crippen molar-refractivity contribution in [2.24, 2.45) is 17.8 Å². The third kappa shape index (κ3) is 3.46. The molecule has 0 aromatic carbocycles. The van der Waals surface area contributed by atoms with Gasteiger partial charge in [0.15, 0.2) is 0 Å². The van der Waals surface area contributed by atoms with Crippen LogP contribution in [-0.4, -0.2) is 12.6 Å². The normalized spacial score (nSPS) is 34.4. The van der Waals surface area contributed by atoms with Crippen LogP contribution < -0.4 is 7.06 Å². The average molecular weight is 408 g/mol. The first-order valence-electron chi connectivity index (χ1n) is 4.88. The summed E-state index contributed by atoms with van der Waals surface area (Å²) >= 11 is 4.55. The summed E-state index contributed by atoms with van der Waals surface area (Å²) in [5.74, 6) is 2.58. The van der Waals surface area contributed by atoms with Crippen LogP contribution in [0.1, 0.15) is 26.7 Å². The van der Waals surface area contributed by atoms with Gasteiger partial charge in [-0.15, -0.1) is 0 Å². The smallest absolute Gasteiger partial charge is 0.0206 e. The van der Waals surface area contributed by atoms with Crippen LogP contribution in [0.5, 0.6) is 0 Å². The first-order valence-corrected chi connectivity index (χ1v) is 7.04. The van der Waals surface area contributed by atoms with Gasteiger partial charge in [-0.1, -0.05) is 13.8 Å². The molecule has 0 heterocycles. The van der Waals surface area contributed by atoms with Gasteiger partial charge in [0.05, 0.1) is 0 Å². The molecule has 0 amide bonds. The average Bonchev–Trinajstić information content (AvgIpc) is 2.48. The number of halogens is 2. The summed E-state index contributed by atoms with van der Waals surface area (Å²) < 4.78 is 6.67. The first-order chi connectivity index (χ1) is 6.19. The maximum Gasteiger partial charge on any atom is 0.0206 e. The van der Waals surface area contributed by atoms with Gasteiger partial charge in [-0.25, -0.2) is 0 Å². The summed E-state index contributed by atoms with van der Waals surface area (Å²) in [4.78, 5) is 0. The standard InChI is InChI=1S/C9H18I2N2/c1-6(2)7-3-8(5-12-10)9(4-7)13-11/h6-9,12-13H,3-5H2,1-2H3. The maximum atomic E-state index is 3.41. The summed E-state index contributed by atoms with van der Waals surface area (Å²) in [7, 11) is 0. The highest BCUT2D eigenvalue weighted by Gasteiger charge is 2.34. The fraction of sp³-hybridized carbons (Fsp3) is 1.00. The minimum Gasteiger partial charge on any atom is -0.261 e. The Hall–Kier alpha value is 1.38. The largest absolute Gasteiger partial charge is 0.261 e. The van der Waals surface area contributed by atoms with Crippen molar-refractivity contribution in [3.05, 3.63) is 0 Å². The molecule has 1 rings (SSSR count). The van der Waals surface area contributed by atoms with Gasteiger partial charge < -0.3 is 0 Å². The van der Waals surface area contributed by atoms with Gasteiger partial charge in [-0.3, -0.25) is 7.06 Å². The molecule has 78 valence electrons. The highest BCUT2D eigenvalue weighted by Crippen LogP contribution is 2.36. The SMILES string of the molecule is CC(C)C1CC(CNI)C(NI)C1. The quantitative estimate of drug-likeness (QED) is 0.553. The highest BCUT2D eigenvalue weighted by atomic mass is 127. The zero-order chi connectivity index (χ0) is 9.84. The second kappa shape index (κ2) is 6.07. The Kier molecular flexibility index (Phi) is 5.81. The Balaban J connectivity index is 2.45. The van der Waals surface area contributed by atoms with Crippen molar-refractivity contribution in [2.45, 2.75) is 32.7 Å². The second-order valence-corrected chi connectivity index (χ2v) is 5.67. The van der Waals surface area contributed by atoms with Crippen LogP contribution >= 0.6 is 45.7 Å². The van der Waals surface area contributed by atoms with E-state index in [1.165, 1.54) is 12.8 Å². The van der Waals surface area contributed by atoms with Crippen LogP contribution in [-0.2, 0) is 0 Å². The molecule has 0 aromatic heterocycles. The molecule has 0 aliphatic heterocycles. The molecule has 2 N–H and O–H groups in total. The first kappa shape index (κ1) is 12.4. The van der Waals surface area contributed by atoms with E-state index in [1.54, 1.807) is 0 Å². The molecule has 1 aliphatic carbocycles. The molecular formula is C9H18I2N2. The predicted octanol–water partition coefficient (Wildman–Crippen LogP) is 2.92. The Morgan fingerprint density at radius 2 is 2.00 bits per heavy atom. The van der Waals surface area contributed by atoms with E-state index in [2.05, 4.69) is 66.6 Å². The molecule has 3 atom stereocenters. The van der Waals surface area contributed by atoms with Gasteiger partial charge in [-0.2, -0.15) is 0 Å². The minimum atomic E-state index is 0.718. The Bertz CT molecular complexity index is 153. The molecule has 1 fully saturated rings. The van der Waals surface area contributed by atoms with E-state index >= 15 is 0 Å². The minimum absolute atomic E-state index is 0.718. The van der Waals surface area contributed by atoms with Gasteiger partial charge in [0.25, 0.3) is 0 Å². The molecule has 0 spiro atoms. The molecule has 13 heavy (non-hydrogen) atoms. The van der Waals surface area contributed by atoms with E-state index < -0.39 is 0 Å². The molecule has 0 radical (unpaired) electrons. The Morgan fingerprint density at radius 3 is 2.46 bits per heavy atom. The van der Waals surface area contributed by atoms with E-state index in [0.717, 1.165) is 30.3 Å². The maximum absolute atomic E-state index is 3.41. The second-order valence-electron chi connectivity index (χ2n) is 4.29. The predicted molar refractivity (Wildman–Crippen MR) is 74.0 cm³/mol. The van der Waals surface area contributed by atoms with Crippen LogP contribution in [0.3, 0.4) is 0 Å². The monoisotopic (exact) mass is 408 g/mol. The van der Waals surface area contributed by atoms with Crippen LogP contribution in [0.15, 0.2) is 0 Å². The number of nitrogens with one attached hydrogen (secondary N) is 2. The van der Waals surface area contributed by atoms with Crippen LogP contribution in [0.25, 0.3) is 0 Å². The summed E-state index contributed by atoms with van der Waals surface area (Å²) in [6, 6.07) is 0.718. The molecule has 0 aromatic rings. The molecule has 1 aliphatic rings. The summed E-state index contributed by atoms with van der Waals surface area (Å²) in [5, 5.41) is 0. The molecule has 0 bridgehead atoms. The molecule has 3 unspecified atom stereocenters. The van der Waals surface area contributed by atoms with Crippen molar-refractivity contribution in [1.82, 2.24) is 7.06 Å². The van der Waals surface area contributed by atoms with Crippen molar-refractivity contribution in [3.63, 3.8) is 0 Å². The van der Waals surface area contributed by atoms with Crippen molar-refractivity contribution in [1.29, 1.82) is 0 Å². The van der Waals surface area contributed by atoms with Gasteiger partial charge in [0, 0.05) is 58.3 Å². The van der Waals surface area contributed by atoms with E-state index in [-0.39, 0.29) is 0 Å². The fourth-order valence-corrected chi connectivity index (χ4v) is 3.50. The number of rotatable bonds is 4. The lowest BCUT2D eigenvalue weighted by molar-refractivity contribution is 0.379. The van der Waals surface area contributed by atoms with Crippen molar-refractivity contribution >= 4 is 45.7 Å².